The molecule has 248 valence electrons. The van der Waals surface area contributed by atoms with Gasteiger partial charge in [0.05, 0.1) is 29.3 Å². The van der Waals surface area contributed by atoms with Gasteiger partial charge in [0.25, 0.3) is 15.6 Å². The summed E-state index contributed by atoms with van der Waals surface area (Å²) >= 11 is 0. The molecule has 2 aliphatic rings. The molecule has 0 unspecified atom stereocenters. The van der Waals surface area contributed by atoms with Gasteiger partial charge in [-0.3, -0.25) is 13.9 Å². The Balaban J connectivity index is 1.61. The number of carbonyl (C=O) groups excluding carboxylic acids is 2. The molecule has 1 fully saturated rings. The van der Waals surface area contributed by atoms with Gasteiger partial charge in [0.2, 0.25) is 11.8 Å². The van der Waals surface area contributed by atoms with Crippen molar-refractivity contribution in [3.8, 4) is 0 Å². The van der Waals surface area contributed by atoms with E-state index in [0.717, 1.165) is 24.3 Å². The summed E-state index contributed by atoms with van der Waals surface area (Å²) < 4.78 is 123. The summed E-state index contributed by atoms with van der Waals surface area (Å²) in [5, 5.41) is 24.6. The third kappa shape index (κ3) is 7.19. The largest absolute Gasteiger partial charge is 0.430 e. The quantitative estimate of drug-likeness (QED) is 0.318. The van der Waals surface area contributed by atoms with E-state index in [1.807, 2.05) is 0 Å². The standard InChI is InChI=1S/C28H30F7N3O6S/c29-18-3-10-22(11-4-18)45(43,44)38-20(14-24(40)36-15-25(41)37-19-5-8-21(39)9-6-19)7-1-16-13-17(2-12-23(16)38)26(42,27(30,31)32)28(33,34)35/h2-4,10-13,19-21,39,42H,1,5-9,14-15H2,(H,36,40)(H,37,41)/t19?,20-,21?/m0/s1. The molecule has 2 aromatic carbocycles. The lowest BCUT2D eigenvalue weighted by atomic mass is 9.87. The van der Waals surface area contributed by atoms with E-state index >= 15 is 0 Å². The highest BCUT2D eigenvalue weighted by Crippen LogP contribution is 2.51. The zero-order chi connectivity index (χ0) is 33.4. The van der Waals surface area contributed by atoms with Crippen LogP contribution in [-0.2, 0) is 31.6 Å². The number of sulfonamides is 1. The fourth-order valence-electron chi connectivity index (χ4n) is 5.54. The van der Waals surface area contributed by atoms with Crippen LogP contribution in [0.2, 0.25) is 0 Å². The summed E-state index contributed by atoms with van der Waals surface area (Å²) in [6, 6.07) is 3.51. The second-order valence-electron chi connectivity index (χ2n) is 11.1. The van der Waals surface area contributed by atoms with Gasteiger partial charge in [-0.2, -0.15) is 26.3 Å². The molecular formula is C28H30F7N3O6S. The molecule has 17 heteroatoms. The van der Waals surface area contributed by atoms with E-state index in [9.17, 15) is 59.0 Å². The zero-order valence-electron chi connectivity index (χ0n) is 23.5. The second-order valence-corrected chi connectivity index (χ2v) is 12.9. The van der Waals surface area contributed by atoms with Crippen molar-refractivity contribution >= 4 is 27.5 Å². The topological polar surface area (TPSA) is 136 Å². The number of alkyl halides is 6. The van der Waals surface area contributed by atoms with Crippen molar-refractivity contribution in [2.45, 2.75) is 86.0 Å². The van der Waals surface area contributed by atoms with Gasteiger partial charge in [0.15, 0.2) is 0 Å². The average Bonchev–Trinajstić information content (AvgIpc) is 2.95. The highest BCUT2D eigenvalue weighted by atomic mass is 32.2. The number of aryl methyl sites for hydroxylation is 1. The number of nitrogens with one attached hydrogen (secondary N) is 2. The minimum Gasteiger partial charge on any atom is -0.393 e. The highest BCUT2D eigenvalue weighted by molar-refractivity contribution is 7.92. The van der Waals surface area contributed by atoms with Gasteiger partial charge in [-0.15, -0.1) is 0 Å². The number of amides is 2. The number of nitrogens with zero attached hydrogens (tertiary/aromatic N) is 1. The third-order valence-electron chi connectivity index (χ3n) is 7.93. The van der Waals surface area contributed by atoms with Crippen molar-refractivity contribution in [1.82, 2.24) is 10.6 Å². The average molecular weight is 670 g/mol. The number of hydrogen-bond donors (Lipinski definition) is 4. The van der Waals surface area contributed by atoms with Crippen LogP contribution in [0.5, 0.6) is 0 Å². The molecule has 0 saturated heterocycles. The number of halogens is 7. The van der Waals surface area contributed by atoms with Crippen molar-refractivity contribution in [2.75, 3.05) is 10.8 Å². The van der Waals surface area contributed by atoms with E-state index in [-0.39, 0.29) is 30.1 Å². The lowest BCUT2D eigenvalue weighted by Crippen LogP contribution is -2.54. The molecule has 2 aromatic rings. The van der Waals surface area contributed by atoms with Crippen LogP contribution in [0.15, 0.2) is 47.4 Å². The minimum absolute atomic E-state index is 0.193. The first-order chi connectivity index (χ1) is 20.8. The second kappa shape index (κ2) is 12.7. The number of aliphatic hydroxyl groups is 2. The van der Waals surface area contributed by atoms with Crippen LogP contribution in [0.4, 0.5) is 36.4 Å². The van der Waals surface area contributed by atoms with E-state index in [1.165, 1.54) is 0 Å². The third-order valence-corrected chi connectivity index (χ3v) is 9.81. The summed E-state index contributed by atoms with van der Waals surface area (Å²) in [6.07, 6.45) is -11.7. The number of anilines is 1. The van der Waals surface area contributed by atoms with Crippen LogP contribution < -0.4 is 14.9 Å². The lowest BCUT2D eigenvalue weighted by molar-refractivity contribution is -0.376. The first-order valence-electron chi connectivity index (χ1n) is 13.9. The van der Waals surface area contributed by atoms with Crippen molar-refractivity contribution in [3.63, 3.8) is 0 Å². The summed E-state index contributed by atoms with van der Waals surface area (Å²) in [5.74, 6) is -2.07. The zero-order valence-corrected chi connectivity index (χ0v) is 24.3. The molecule has 2 amide bonds. The van der Waals surface area contributed by atoms with Gasteiger partial charge in [-0.1, -0.05) is 12.1 Å². The molecule has 1 saturated carbocycles. The van der Waals surface area contributed by atoms with Gasteiger partial charge < -0.3 is 20.8 Å². The van der Waals surface area contributed by atoms with Crippen LogP contribution in [0, 0.1) is 5.82 Å². The van der Waals surface area contributed by atoms with E-state index in [1.54, 1.807) is 0 Å². The van der Waals surface area contributed by atoms with E-state index in [4.69, 9.17) is 0 Å². The molecule has 1 aliphatic carbocycles. The van der Waals surface area contributed by atoms with E-state index in [0.29, 0.717) is 48.2 Å². The highest BCUT2D eigenvalue weighted by Gasteiger charge is 2.71. The van der Waals surface area contributed by atoms with Gasteiger partial charge in [0, 0.05) is 18.0 Å². The SMILES string of the molecule is O=C(C[C@@H]1CCc2cc(C(O)(C(F)(F)F)C(F)(F)F)ccc2N1S(=O)(=O)c1ccc(F)cc1)NCC(=O)NC1CCC(O)CC1. The Morgan fingerprint density at radius 2 is 1.49 bits per heavy atom. The Bertz CT molecular complexity index is 1490. The maximum Gasteiger partial charge on any atom is 0.430 e. The molecule has 4 N–H and O–H groups in total. The van der Waals surface area contributed by atoms with Crippen LogP contribution in [-0.4, -0.2) is 67.5 Å². The molecular weight excluding hydrogens is 639 g/mol. The number of rotatable bonds is 8. The van der Waals surface area contributed by atoms with Crippen molar-refractivity contribution in [2.24, 2.45) is 0 Å². The number of aliphatic hydroxyl groups excluding tert-OH is 1. The molecule has 0 spiro atoms. The Hall–Kier alpha value is -3.44. The molecule has 9 nitrogen and oxygen atoms in total. The van der Waals surface area contributed by atoms with E-state index < -0.39 is 81.2 Å². The maximum atomic E-state index is 13.7. The summed E-state index contributed by atoms with van der Waals surface area (Å²) in [7, 11) is -4.67. The molecule has 0 aromatic heterocycles. The van der Waals surface area contributed by atoms with Crippen LogP contribution in [0.1, 0.15) is 49.7 Å². The fraction of sp³-hybridized carbons (Fsp3) is 0.500. The summed E-state index contributed by atoms with van der Waals surface area (Å²) in [6.45, 7) is -0.456. The van der Waals surface area contributed by atoms with Gasteiger partial charge in [0.1, 0.15) is 5.82 Å². The normalized spacial score (nSPS) is 21.2. The Morgan fingerprint density at radius 3 is 2.07 bits per heavy atom. The van der Waals surface area contributed by atoms with Crippen LogP contribution in [0.3, 0.4) is 0 Å². The molecule has 0 bridgehead atoms. The van der Waals surface area contributed by atoms with Crippen molar-refractivity contribution in [1.29, 1.82) is 0 Å². The molecule has 1 aliphatic heterocycles. The number of benzene rings is 2. The predicted molar refractivity (Wildman–Crippen MR) is 145 cm³/mol. The smallest absolute Gasteiger partial charge is 0.393 e. The first-order valence-corrected chi connectivity index (χ1v) is 15.3. The van der Waals surface area contributed by atoms with Gasteiger partial charge in [-0.05, 0) is 74.4 Å². The number of hydrogen-bond acceptors (Lipinski definition) is 6. The van der Waals surface area contributed by atoms with Gasteiger partial charge >= 0.3 is 12.4 Å². The first kappa shape index (κ1) is 34.4. The summed E-state index contributed by atoms with van der Waals surface area (Å²) in [4.78, 5) is 24.7. The molecule has 0 radical (unpaired) electrons. The Labute approximate surface area is 253 Å². The molecule has 45 heavy (non-hydrogen) atoms. The number of fused-ring (bicyclic) bond motifs is 1. The summed E-state index contributed by atoms with van der Waals surface area (Å²) in [5.41, 5.74) is -7.44. The monoisotopic (exact) mass is 669 g/mol. The van der Waals surface area contributed by atoms with Gasteiger partial charge in [-0.25, -0.2) is 12.8 Å². The minimum atomic E-state index is -6.17. The van der Waals surface area contributed by atoms with Crippen LogP contribution in [0.25, 0.3) is 0 Å². The van der Waals surface area contributed by atoms with Crippen LogP contribution >= 0.6 is 0 Å². The Kier molecular flexibility index (Phi) is 9.76. The number of carbonyl (C=O) groups is 2. The molecule has 4 rings (SSSR count). The predicted octanol–water partition coefficient (Wildman–Crippen LogP) is 3.57. The Morgan fingerprint density at radius 1 is 0.889 bits per heavy atom. The van der Waals surface area contributed by atoms with Crippen molar-refractivity contribution in [3.05, 3.63) is 59.4 Å². The van der Waals surface area contributed by atoms with E-state index in [2.05, 4.69) is 10.6 Å². The molecule has 1 heterocycles. The maximum absolute atomic E-state index is 13.7. The van der Waals surface area contributed by atoms with Crippen molar-refractivity contribution < 1.29 is 59.0 Å². The molecule has 1 atom stereocenters. The lowest BCUT2D eigenvalue weighted by Gasteiger charge is -2.39. The fourth-order valence-corrected chi connectivity index (χ4v) is 7.26.